The van der Waals surface area contributed by atoms with Crippen molar-refractivity contribution in [3.05, 3.63) is 0 Å². The number of methoxy groups -OCH3 is 1. The second-order valence-corrected chi connectivity index (χ2v) is 5.71. The van der Waals surface area contributed by atoms with Crippen molar-refractivity contribution in [3.8, 4) is 0 Å². The molecule has 2 fully saturated rings. The van der Waals surface area contributed by atoms with Crippen LogP contribution in [0.2, 0.25) is 0 Å². The number of nitrogens with one attached hydrogen (secondary N) is 1. The zero-order chi connectivity index (χ0) is 13.0. The molecule has 2 unspecified atom stereocenters. The third-order valence-electron chi connectivity index (χ3n) is 3.94. The van der Waals surface area contributed by atoms with Gasteiger partial charge in [-0.1, -0.05) is 13.3 Å². The van der Waals surface area contributed by atoms with Gasteiger partial charge < -0.3 is 15.0 Å². The zero-order valence-electron chi connectivity index (χ0n) is 11.7. The highest BCUT2D eigenvalue weighted by molar-refractivity contribution is 5.72. The summed E-state index contributed by atoms with van der Waals surface area (Å²) in [6, 6.07) is 1.17. The maximum atomic E-state index is 11.8. The molecular formula is C14H26N2O2. The maximum Gasteiger partial charge on any atom is 0.310 e. The molecule has 4 heteroatoms. The van der Waals surface area contributed by atoms with Crippen molar-refractivity contribution in [2.24, 2.45) is 5.92 Å². The van der Waals surface area contributed by atoms with E-state index >= 15 is 0 Å². The van der Waals surface area contributed by atoms with Gasteiger partial charge in [-0.2, -0.15) is 0 Å². The number of hydrogen-bond acceptors (Lipinski definition) is 4. The maximum absolute atomic E-state index is 11.8. The summed E-state index contributed by atoms with van der Waals surface area (Å²) in [4.78, 5) is 14.2. The van der Waals surface area contributed by atoms with E-state index in [1.807, 2.05) is 0 Å². The third kappa shape index (κ3) is 3.95. The highest BCUT2D eigenvalue weighted by Gasteiger charge is 2.34. The summed E-state index contributed by atoms with van der Waals surface area (Å²) in [5, 5.41) is 3.66. The van der Waals surface area contributed by atoms with Crippen molar-refractivity contribution < 1.29 is 9.53 Å². The van der Waals surface area contributed by atoms with Crippen LogP contribution in [0, 0.1) is 5.92 Å². The fourth-order valence-electron chi connectivity index (χ4n) is 2.80. The minimum absolute atomic E-state index is 0.0428. The summed E-state index contributed by atoms with van der Waals surface area (Å²) in [6.45, 7) is 5.27. The van der Waals surface area contributed by atoms with Crippen LogP contribution in [0.3, 0.4) is 0 Å². The number of esters is 1. The van der Waals surface area contributed by atoms with Crippen LogP contribution in [-0.2, 0) is 9.53 Å². The molecule has 0 aromatic heterocycles. The molecule has 0 spiro atoms. The largest absolute Gasteiger partial charge is 0.469 e. The van der Waals surface area contributed by atoms with E-state index in [2.05, 4.69) is 17.1 Å². The lowest BCUT2D eigenvalue weighted by Gasteiger charge is -2.37. The van der Waals surface area contributed by atoms with E-state index in [0.717, 1.165) is 26.1 Å². The molecule has 2 atom stereocenters. The van der Waals surface area contributed by atoms with Crippen LogP contribution in [0.15, 0.2) is 0 Å². The fourth-order valence-corrected chi connectivity index (χ4v) is 2.80. The Morgan fingerprint density at radius 3 is 2.72 bits per heavy atom. The predicted octanol–water partition coefficient (Wildman–Crippen LogP) is 1.40. The van der Waals surface area contributed by atoms with Gasteiger partial charge in [0.25, 0.3) is 0 Å². The van der Waals surface area contributed by atoms with Crippen molar-refractivity contribution >= 4 is 5.97 Å². The monoisotopic (exact) mass is 254 g/mol. The van der Waals surface area contributed by atoms with Gasteiger partial charge in [0.15, 0.2) is 0 Å². The lowest BCUT2D eigenvalue weighted by molar-refractivity contribution is -0.147. The van der Waals surface area contributed by atoms with Gasteiger partial charge in [-0.15, -0.1) is 0 Å². The van der Waals surface area contributed by atoms with Gasteiger partial charge in [-0.3, -0.25) is 4.79 Å². The number of carbonyl (C=O) groups excluding carboxylic acids is 1. The van der Waals surface area contributed by atoms with Gasteiger partial charge in [-0.05, 0) is 32.2 Å². The Bertz CT molecular complexity index is 279. The summed E-state index contributed by atoms with van der Waals surface area (Å²) >= 11 is 0. The minimum Gasteiger partial charge on any atom is -0.469 e. The van der Waals surface area contributed by atoms with Crippen LogP contribution in [0.5, 0.6) is 0 Å². The number of ether oxygens (including phenoxy) is 1. The van der Waals surface area contributed by atoms with Gasteiger partial charge in [0.05, 0.1) is 13.0 Å². The molecule has 0 bridgehead atoms. The number of hydrogen-bond donors (Lipinski definition) is 1. The molecule has 2 rings (SSSR count). The summed E-state index contributed by atoms with van der Waals surface area (Å²) in [6.07, 6.45) is 5.96. The van der Waals surface area contributed by atoms with Crippen molar-refractivity contribution in [3.63, 3.8) is 0 Å². The van der Waals surface area contributed by atoms with Crippen LogP contribution in [0.1, 0.15) is 39.0 Å². The van der Waals surface area contributed by atoms with E-state index in [-0.39, 0.29) is 11.9 Å². The first-order valence-corrected chi connectivity index (χ1v) is 7.29. The zero-order valence-corrected chi connectivity index (χ0v) is 11.7. The Morgan fingerprint density at radius 1 is 1.33 bits per heavy atom. The molecule has 1 aliphatic heterocycles. The van der Waals surface area contributed by atoms with Crippen LogP contribution in [0.25, 0.3) is 0 Å². The highest BCUT2D eigenvalue weighted by atomic mass is 16.5. The van der Waals surface area contributed by atoms with Gasteiger partial charge >= 0.3 is 5.97 Å². The summed E-state index contributed by atoms with van der Waals surface area (Å²) in [5.74, 6) is 0.00986. The molecule has 0 aromatic carbocycles. The van der Waals surface area contributed by atoms with Gasteiger partial charge in [0, 0.05) is 25.2 Å². The van der Waals surface area contributed by atoms with Gasteiger partial charge in [0.2, 0.25) is 0 Å². The first-order valence-electron chi connectivity index (χ1n) is 7.29. The Morgan fingerprint density at radius 2 is 2.11 bits per heavy atom. The van der Waals surface area contributed by atoms with Crippen LogP contribution < -0.4 is 5.32 Å². The van der Waals surface area contributed by atoms with Gasteiger partial charge in [0.1, 0.15) is 0 Å². The quantitative estimate of drug-likeness (QED) is 0.728. The summed E-state index contributed by atoms with van der Waals surface area (Å²) in [7, 11) is 1.50. The second kappa shape index (κ2) is 6.53. The van der Waals surface area contributed by atoms with E-state index in [4.69, 9.17) is 4.74 Å². The Labute approximate surface area is 110 Å². The minimum atomic E-state index is -0.0428. The first-order chi connectivity index (χ1) is 8.72. The van der Waals surface area contributed by atoms with E-state index in [9.17, 15) is 4.79 Å². The summed E-state index contributed by atoms with van der Waals surface area (Å²) in [5.41, 5.74) is 0. The molecule has 1 saturated carbocycles. The second-order valence-electron chi connectivity index (χ2n) is 5.71. The number of unbranched alkanes of at least 4 members (excludes halogenated alkanes) is 1. The molecule has 1 heterocycles. The molecule has 0 amide bonds. The Hall–Kier alpha value is -0.610. The fraction of sp³-hybridized carbons (Fsp3) is 0.929. The standard InChI is InChI=1S/C14H26N2O2/c1-3-4-7-16-9-11(14(17)18-2)8-13(10-16)15-12-5-6-12/h11-13,15H,3-10H2,1-2H3. The number of carbonyl (C=O) groups is 1. The first kappa shape index (κ1) is 13.8. The molecule has 104 valence electrons. The average molecular weight is 254 g/mol. The van der Waals surface area contributed by atoms with Crippen molar-refractivity contribution in [2.45, 2.75) is 51.1 Å². The molecule has 4 nitrogen and oxygen atoms in total. The Kier molecular flexibility index (Phi) is 5.01. The van der Waals surface area contributed by atoms with Crippen LogP contribution >= 0.6 is 0 Å². The molecule has 1 saturated heterocycles. The predicted molar refractivity (Wildman–Crippen MR) is 71.4 cm³/mol. The van der Waals surface area contributed by atoms with Crippen LogP contribution in [-0.4, -0.2) is 49.7 Å². The summed E-state index contributed by atoms with van der Waals surface area (Å²) < 4.78 is 4.92. The van der Waals surface area contributed by atoms with Crippen molar-refractivity contribution in [2.75, 3.05) is 26.7 Å². The normalized spacial score (nSPS) is 29.2. The smallest absolute Gasteiger partial charge is 0.310 e. The highest BCUT2D eigenvalue weighted by Crippen LogP contribution is 2.24. The van der Waals surface area contributed by atoms with E-state index in [1.54, 1.807) is 0 Å². The average Bonchev–Trinajstić information content (AvgIpc) is 3.19. The molecule has 1 aliphatic carbocycles. The molecule has 0 radical (unpaired) electrons. The number of piperidine rings is 1. The molecular weight excluding hydrogens is 228 g/mol. The topological polar surface area (TPSA) is 41.6 Å². The molecule has 18 heavy (non-hydrogen) atoms. The third-order valence-corrected chi connectivity index (χ3v) is 3.94. The number of likely N-dealkylation sites (tertiary alicyclic amines) is 1. The van der Waals surface area contributed by atoms with Crippen molar-refractivity contribution in [1.82, 2.24) is 10.2 Å². The van der Waals surface area contributed by atoms with E-state index < -0.39 is 0 Å². The number of rotatable bonds is 6. The number of nitrogens with zero attached hydrogens (tertiary/aromatic N) is 1. The van der Waals surface area contributed by atoms with Gasteiger partial charge in [-0.25, -0.2) is 0 Å². The van der Waals surface area contributed by atoms with Crippen LogP contribution in [0.4, 0.5) is 0 Å². The lowest BCUT2D eigenvalue weighted by atomic mass is 9.94. The molecule has 0 aromatic rings. The SMILES string of the molecule is CCCCN1CC(NC2CC2)CC(C(=O)OC)C1. The van der Waals surface area contributed by atoms with E-state index in [0.29, 0.717) is 12.1 Å². The molecule has 1 N–H and O–H groups in total. The van der Waals surface area contributed by atoms with E-state index in [1.165, 1.54) is 32.8 Å². The Balaban J connectivity index is 1.88. The van der Waals surface area contributed by atoms with Crippen molar-refractivity contribution in [1.29, 1.82) is 0 Å². The lowest BCUT2D eigenvalue weighted by Crippen LogP contribution is -2.51. The molecule has 2 aliphatic rings.